The molecule has 62 heavy (non-hydrogen) atoms. The van der Waals surface area contributed by atoms with Crippen molar-refractivity contribution in [3.05, 3.63) is 228 Å². The standard InChI is InChI=1S/C57H37N4O/c1-3-17-37(18-4-1)55-58-56(38-19-5-2-6-20-38)60-57(59-55)45-27-14-28-49-54(45)53-44-26-12-11-25-43(44)46(34-50(53)62-49)39-21-13-22-40(33-39)61-47-31-29-35-15-7-9-23-41(35)51(47)52-42-24-10-8-16-36(42)30-32-48(52)61/h1-34,55,57,59H/q-1. The van der Waals surface area contributed by atoms with Gasteiger partial charge in [0.05, 0.1) is 11.0 Å². The molecule has 12 aromatic rings. The number of fused-ring (bicyclic) bond motifs is 12. The fourth-order valence-electron chi connectivity index (χ4n) is 10.0. The van der Waals surface area contributed by atoms with Crippen molar-refractivity contribution < 1.29 is 4.42 Å². The lowest BCUT2D eigenvalue weighted by Crippen LogP contribution is -2.31. The summed E-state index contributed by atoms with van der Waals surface area (Å²) in [6.07, 6.45) is -0.641. The fraction of sp³-hybridized carbons (Fsp3) is 0.0351. The summed E-state index contributed by atoms with van der Waals surface area (Å²) in [7, 11) is 0. The van der Waals surface area contributed by atoms with Crippen LogP contribution in [0.5, 0.6) is 0 Å². The third-order valence-corrected chi connectivity index (χ3v) is 12.8. The Bertz CT molecular complexity index is 3680. The molecule has 5 nitrogen and oxygen atoms in total. The lowest BCUT2D eigenvalue weighted by Gasteiger charge is -2.40. The molecule has 0 amide bonds. The van der Waals surface area contributed by atoms with Gasteiger partial charge in [-0.1, -0.05) is 176 Å². The molecule has 13 rings (SSSR count). The van der Waals surface area contributed by atoms with Gasteiger partial charge in [0, 0.05) is 39.6 Å². The molecule has 1 aliphatic rings. The van der Waals surface area contributed by atoms with Crippen LogP contribution in [0.4, 0.5) is 0 Å². The van der Waals surface area contributed by atoms with E-state index in [0.717, 1.165) is 72.1 Å². The highest BCUT2D eigenvalue weighted by molar-refractivity contribution is 6.29. The largest absolute Gasteiger partial charge is 0.456 e. The minimum absolute atomic E-state index is 0.273. The lowest BCUT2D eigenvalue weighted by molar-refractivity contribution is 0.491. The van der Waals surface area contributed by atoms with Crippen LogP contribution in [-0.2, 0) is 0 Å². The van der Waals surface area contributed by atoms with Gasteiger partial charge < -0.3 is 24.6 Å². The Kier molecular flexibility index (Phi) is 7.74. The lowest BCUT2D eigenvalue weighted by atomic mass is 9.93. The Morgan fingerprint density at radius 2 is 1.08 bits per heavy atom. The SMILES string of the molecule is c1ccc(C2=NC(c3cccc4oc5cc(-c6cccc(-n7c8ccc9ccccc9c8c8c9ccccc9ccc87)c6)c6ccccc6c5c34)NC(c3ccccc3)[N-]2)cc1. The molecule has 3 heterocycles. The van der Waals surface area contributed by atoms with Crippen LogP contribution in [0.15, 0.2) is 216 Å². The van der Waals surface area contributed by atoms with E-state index in [-0.39, 0.29) is 12.3 Å². The highest BCUT2D eigenvalue weighted by atomic mass is 16.3. The second kappa shape index (κ2) is 13.8. The smallest absolute Gasteiger partial charge is 0.136 e. The van der Waals surface area contributed by atoms with Crippen LogP contribution in [0.3, 0.4) is 0 Å². The van der Waals surface area contributed by atoms with Gasteiger partial charge in [0.15, 0.2) is 0 Å². The number of aliphatic imine (C=N–C) groups is 1. The minimum atomic E-state index is -0.368. The van der Waals surface area contributed by atoms with Crippen LogP contribution < -0.4 is 5.32 Å². The second-order valence-corrected chi connectivity index (χ2v) is 16.2. The topological polar surface area (TPSA) is 56.6 Å². The van der Waals surface area contributed by atoms with Gasteiger partial charge in [-0.15, -0.1) is 0 Å². The molecule has 292 valence electrons. The van der Waals surface area contributed by atoms with Crippen molar-refractivity contribution in [3.8, 4) is 16.8 Å². The third-order valence-electron chi connectivity index (χ3n) is 12.8. The molecule has 0 spiro atoms. The maximum absolute atomic E-state index is 6.87. The molecule has 0 saturated carbocycles. The first kappa shape index (κ1) is 34.8. The van der Waals surface area contributed by atoms with Gasteiger partial charge in [-0.25, -0.2) is 0 Å². The normalized spacial score (nSPS) is 15.6. The Balaban J connectivity index is 1.00. The summed E-state index contributed by atoms with van der Waals surface area (Å²) in [4.78, 5) is 5.29. The number of nitrogens with zero attached hydrogens (tertiary/aromatic N) is 3. The second-order valence-electron chi connectivity index (χ2n) is 16.2. The van der Waals surface area contributed by atoms with E-state index in [9.17, 15) is 0 Å². The summed E-state index contributed by atoms with van der Waals surface area (Å²) in [6, 6.07) is 73.5. The summed E-state index contributed by atoms with van der Waals surface area (Å²) in [5, 5.41) is 20.9. The first-order valence-corrected chi connectivity index (χ1v) is 21.2. The van der Waals surface area contributed by atoms with E-state index >= 15 is 0 Å². The van der Waals surface area contributed by atoms with Gasteiger partial charge in [0.2, 0.25) is 0 Å². The van der Waals surface area contributed by atoms with Crippen LogP contribution >= 0.6 is 0 Å². The number of rotatable bonds is 5. The molecule has 1 aliphatic heterocycles. The first-order valence-electron chi connectivity index (χ1n) is 21.2. The van der Waals surface area contributed by atoms with Gasteiger partial charge in [-0.2, -0.15) is 0 Å². The summed E-state index contributed by atoms with van der Waals surface area (Å²) in [5.74, 6) is 0.727. The van der Waals surface area contributed by atoms with Gasteiger partial charge in [0.1, 0.15) is 11.2 Å². The average molecular weight is 794 g/mol. The first-order chi connectivity index (χ1) is 30.7. The van der Waals surface area contributed by atoms with Gasteiger partial charge in [-0.05, 0) is 96.5 Å². The molecule has 5 heteroatoms. The number of nitrogens with one attached hydrogen (secondary N) is 1. The molecule has 0 bridgehead atoms. The van der Waals surface area contributed by atoms with Crippen molar-refractivity contribution in [3.63, 3.8) is 0 Å². The van der Waals surface area contributed by atoms with E-state index in [1.54, 1.807) is 0 Å². The maximum atomic E-state index is 6.87. The van der Waals surface area contributed by atoms with Gasteiger partial charge in [-0.3, -0.25) is 0 Å². The van der Waals surface area contributed by atoms with Crippen LogP contribution in [0.25, 0.3) is 98.2 Å². The van der Waals surface area contributed by atoms with Crippen molar-refractivity contribution in [2.75, 3.05) is 0 Å². The number of hydrogen-bond acceptors (Lipinski definition) is 3. The van der Waals surface area contributed by atoms with E-state index < -0.39 is 0 Å². The molecule has 0 fully saturated rings. The van der Waals surface area contributed by atoms with Crippen molar-refractivity contribution in [1.29, 1.82) is 0 Å². The molecular weight excluding hydrogens is 757 g/mol. The molecule has 0 aliphatic carbocycles. The van der Waals surface area contributed by atoms with Crippen molar-refractivity contribution in [2.45, 2.75) is 12.3 Å². The fourth-order valence-corrected chi connectivity index (χ4v) is 10.0. The Labute approximate surface area is 357 Å². The monoisotopic (exact) mass is 793 g/mol. The van der Waals surface area contributed by atoms with Gasteiger partial charge >= 0.3 is 0 Å². The van der Waals surface area contributed by atoms with Crippen LogP contribution in [0, 0.1) is 0 Å². The molecule has 10 aromatic carbocycles. The molecule has 2 aromatic heterocycles. The number of amidine groups is 1. The number of aromatic nitrogens is 1. The summed E-state index contributed by atoms with van der Waals surface area (Å²) >= 11 is 0. The zero-order valence-electron chi connectivity index (χ0n) is 33.5. The van der Waals surface area contributed by atoms with Crippen molar-refractivity contribution >= 4 is 81.9 Å². The van der Waals surface area contributed by atoms with Crippen molar-refractivity contribution in [1.82, 2.24) is 9.88 Å². The number of benzene rings is 10. The Morgan fingerprint density at radius 1 is 0.468 bits per heavy atom. The number of hydrogen-bond donors (Lipinski definition) is 1. The highest BCUT2D eigenvalue weighted by Gasteiger charge is 2.24. The zero-order valence-corrected chi connectivity index (χ0v) is 33.5. The molecule has 0 saturated heterocycles. The van der Waals surface area contributed by atoms with Crippen LogP contribution in [0.2, 0.25) is 0 Å². The van der Waals surface area contributed by atoms with E-state index in [2.05, 4.69) is 192 Å². The molecule has 1 N–H and O–H groups in total. The number of furan rings is 1. The summed E-state index contributed by atoms with van der Waals surface area (Å²) < 4.78 is 9.31. The molecule has 0 radical (unpaired) electrons. The maximum Gasteiger partial charge on any atom is 0.136 e. The van der Waals surface area contributed by atoms with Gasteiger partial charge in [0.25, 0.3) is 0 Å². The quantitative estimate of drug-likeness (QED) is 0.189. The van der Waals surface area contributed by atoms with E-state index in [1.165, 1.54) is 43.4 Å². The highest BCUT2D eigenvalue weighted by Crippen LogP contribution is 2.45. The molecular formula is C57H37N4O-. The Hall–Kier alpha value is -7.99. The van der Waals surface area contributed by atoms with Crippen molar-refractivity contribution in [2.24, 2.45) is 4.99 Å². The minimum Gasteiger partial charge on any atom is -0.456 e. The summed E-state index contributed by atoms with van der Waals surface area (Å²) in [5.41, 5.74) is 10.5. The molecule has 2 unspecified atom stereocenters. The predicted molar refractivity (Wildman–Crippen MR) is 257 cm³/mol. The third kappa shape index (κ3) is 5.35. The van der Waals surface area contributed by atoms with E-state index in [1.807, 2.05) is 24.3 Å². The predicted octanol–water partition coefficient (Wildman–Crippen LogP) is 14.9. The van der Waals surface area contributed by atoms with E-state index in [4.69, 9.17) is 14.7 Å². The zero-order chi connectivity index (χ0) is 40.7. The van der Waals surface area contributed by atoms with Crippen LogP contribution in [0.1, 0.15) is 29.0 Å². The van der Waals surface area contributed by atoms with Crippen LogP contribution in [-0.4, -0.2) is 10.4 Å². The average Bonchev–Trinajstić information content (AvgIpc) is 3.91. The van der Waals surface area contributed by atoms with E-state index in [0.29, 0.717) is 0 Å². The molecule has 2 atom stereocenters. The Morgan fingerprint density at radius 3 is 1.81 bits per heavy atom. The summed E-state index contributed by atoms with van der Waals surface area (Å²) in [6.45, 7) is 0.